The van der Waals surface area contributed by atoms with Gasteiger partial charge in [0, 0.05) is 36.6 Å². The second-order valence-corrected chi connectivity index (χ2v) is 7.82. The number of amides is 3. The summed E-state index contributed by atoms with van der Waals surface area (Å²) < 4.78 is 12.8. The van der Waals surface area contributed by atoms with Crippen LogP contribution in [-0.4, -0.2) is 35.7 Å². The van der Waals surface area contributed by atoms with E-state index in [2.05, 4.69) is 10.6 Å². The van der Waals surface area contributed by atoms with Gasteiger partial charge in [-0.2, -0.15) is 0 Å². The van der Waals surface area contributed by atoms with Crippen molar-refractivity contribution in [2.45, 2.75) is 30.7 Å². The van der Waals surface area contributed by atoms with Crippen LogP contribution in [0.15, 0.2) is 53.4 Å². The Labute approximate surface area is 168 Å². The van der Waals surface area contributed by atoms with Crippen molar-refractivity contribution >= 4 is 29.4 Å². The van der Waals surface area contributed by atoms with E-state index in [4.69, 9.17) is 0 Å². The molecule has 2 N–H and O–H groups in total. The fourth-order valence-electron chi connectivity index (χ4n) is 2.96. The van der Waals surface area contributed by atoms with Gasteiger partial charge in [0.15, 0.2) is 0 Å². The highest BCUT2D eigenvalue weighted by atomic mass is 32.2. The van der Waals surface area contributed by atoms with Gasteiger partial charge in [0.2, 0.25) is 5.91 Å². The van der Waals surface area contributed by atoms with Gasteiger partial charge in [-0.3, -0.25) is 4.79 Å². The van der Waals surface area contributed by atoms with Crippen LogP contribution in [0.2, 0.25) is 0 Å². The third kappa shape index (κ3) is 6.27. The van der Waals surface area contributed by atoms with Crippen molar-refractivity contribution in [1.82, 2.24) is 10.2 Å². The minimum atomic E-state index is -0.241. The van der Waals surface area contributed by atoms with Crippen LogP contribution in [0.3, 0.4) is 0 Å². The molecule has 28 heavy (non-hydrogen) atoms. The van der Waals surface area contributed by atoms with Crippen LogP contribution >= 0.6 is 11.8 Å². The van der Waals surface area contributed by atoms with E-state index in [0.717, 1.165) is 41.3 Å². The Hall–Kier alpha value is -2.54. The van der Waals surface area contributed by atoms with Crippen molar-refractivity contribution in [3.8, 4) is 0 Å². The molecule has 0 atom stereocenters. The lowest BCUT2D eigenvalue weighted by Gasteiger charge is -2.15. The fourth-order valence-corrected chi connectivity index (χ4v) is 3.81. The topological polar surface area (TPSA) is 61.4 Å². The maximum Gasteiger partial charge on any atom is 0.319 e. The molecule has 2 aromatic rings. The lowest BCUT2D eigenvalue weighted by molar-refractivity contribution is -0.128. The zero-order chi connectivity index (χ0) is 19.8. The van der Waals surface area contributed by atoms with E-state index < -0.39 is 0 Å². The molecule has 7 heteroatoms. The summed E-state index contributed by atoms with van der Waals surface area (Å²) in [6, 6.07) is 13.7. The third-order valence-electron chi connectivity index (χ3n) is 4.45. The predicted molar refractivity (Wildman–Crippen MR) is 110 cm³/mol. The fraction of sp³-hybridized carbons (Fsp3) is 0.333. The third-order valence-corrected chi connectivity index (χ3v) is 5.54. The van der Waals surface area contributed by atoms with Crippen LogP contribution in [-0.2, 0) is 11.3 Å². The average Bonchev–Trinajstić information content (AvgIpc) is 3.09. The van der Waals surface area contributed by atoms with Crippen LogP contribution < -0.4 is 10.6 Å². The zero-order valence-electron chi connectivity index (χ0n) is 15.6. The molecule has 0 spiro atoms. The number of anilines is 1. The van der Waals surface area contributed by atoms with Crippen LogP contribution in [0.25, 0.3) is 0 Å². The highest BCUT2D eigenvalue weighted by molar-refractivity contribution is 7.99. The summed E-state index contributed by atoms with van der Waals surface area (Å²) in [4.78, 5) is 26.5. The molecule has 5 nitrogen and oxygen atoms in total. The molecule has 1 saturated heterocycles. The standard InChI is InChI=1S/C21H24FN3O2S/c22-17-6-10-19(11-7-17)28-14-2-12-23-21(27)24-18-8-4-16(5-9-18)15-25-13-1-3-20(25)26/h4-11H,1-3,12-15H2,(H2,23,24,27). The second-order valence-electron chi connectivity index (χ2n) is 6.65. The summed E-state index contributed by atoms with van der Waals surface area (Å²) in [7, 11) is 0. The number of thioether (sulfide) groups is 1. The Balaban J connectivity index is 1.33. The first-order valence-electron chi connectivity index (χ1n) is 9.40. The van der Waals surface area contributed by atoms with Crippen LogP contribution in [0.1, 0.15) is 24.8 Å². The number of likely N-dealkylation sites (tertiary alicyclic amines) is 1. The van der Waals surface area contributed by atoms with E-state index in [-0.39, 0.29) is 17.8 Å². The molecule has 1 fully saturated rings. The summed E-state index contributed by atoms with van der Waals surface area (Å²) in [5.41, 5.74) is 1.77. The molecule has 1 heterocycles. The van der Waals surface area contributed by atoms with E-state index in [1.54, 1.807) is 23.9 Å². The van der Waals surface area contributed by atoms with Crippen molar-refractivity contribution < 1.29 is 14.0 Å². The minimum absolute atomic E-state index is 0.208. The SMILES string of the molecule is O=C(NCCCSc1ccc(F)cc1)Nc1ccc(CN2CCCC2=O)cc1. The van der Waals surface area contributed by atoms with Gasteiger partial charge in [0.25, 0.3) is 0 Å². The smallest absolute Gasteiger partial charge is 0.319 e. The molecule has 3 amide bonds. The van der Waals surface area contributed by atoms with Crippen molar-refractivity contribution in [1.29, 1.82) is 0 Å². The van der Waals surface area contributed by atoms with E-state index in [1.807, 2.05) is 29.2 Å². The number of hydrogen-bond donors (Lipinski definition) is 2. The molecule has 3 rings (SSSR count). The van der Waals surface area contributed by atoms with Gasteiger partial charge in [-0.25, -0.2) is 9.18 Å². The summed E-state index contributed by atoms with van der Waals surface area (Å²) in [6.07, 6.45) is 2.39. The number of nitrogens with zero attached hydrogens (tertiary/aromatic N) is 1. The zero-order valence-corrected chi connectivity index (χ0v) is 16.4. The van der Waals surface area contributed by atoms with Crippen LogP contribution in [0.5, 0.6) is 0 Å². The molecular formula is C21H24FN3O2S. The summed E-state index contributed by atoms with van der Waals surface area (Å²) >= 11 is 1.63. The van der Waals surface area contributed by atoms with E-state index in [9.17, 15) is 14.0 Å². The normalized spacial score (nSPS) is 13.6. The molecule has 0 unspecified atom stereocenters. The van der Waals surface area contributed by atoms with Gasteiger partial charge in [-0.15, -0.1) is 11.8 Å². The molecule has 0 aliphatic carbocycles. The monoisotopic (exact) mass is 401 g/mol. The van der Waals surface area contributed by atoms with Crippen LogP contribution in [0, 0.1) is 5.82 Å². The average molecular weight is 402 g/mol. The minimum Gasteiger partial charge on any atom is -0.338 e. The van der Waals surface area contributed by atoms with Crippen molar-refractivity contribution in [3.63, 3.8) is 0 Å². The Bertz CT molecular complexity index is 796. The first-order valence-corrected chi connectivity index (χ1v) is 10.4. The molecule has 1 aliphatic heterocycles. The number of rotatable bonds is 8. The number of carbonyl (C=O) groups is 2. The Kier molecular flexibility index (Phi) is 7.31. The molecular weight excluding hydrogens is 377 g/mol. The van der Waals surface area contributed by atoms with Crippen molar-refractivity contribution in [3.05, 3.63) is 59.9 Å². The second kappa shape index (κ2) is 10.1. The summed E-state index contributed by atoms with van der Waals surface area (Å²) in [6.45, 7) is 2.01. The number of nitrogens with one attached hydrogen (secondary N) is 2. The van der Waals surface area contributed by atoms with E-state index in [0.29, 0.717) is 19.5 Å². The summed E-state index contributed by atoms with van der Waals surface area (Å²) in [5.74, 6) is 0.815. The first-order chi connectivity index (χ1) is 13.6. The Morgan fingerprint density at radius 1 is 1.11 bits per heavy atom. The number of halogens is 1. The molecule has 148 valence electrons. The molecule has 0 bridgehead atoms. The van der Waals surface area contributed by atoms with Gasteiger partial charge in [-0.05, 0) is 60.6 Å². The molecule has 0 saturated carbocycles. The molecule has 1 aliphatic rings. The van der Waals surface area contributed by atoms with Crippen LogP contribution in [0.4, 0.5) is 14.9 Å². The number of hydrogen-bond acceptors (Lipinski definition) is 3. The quantitative estimate of drug-likeness (QED) is 0.513. The predicted octanol–water partition coefficient (Wildman–Crippen LogP) is 4.25. The van der Waals surface area contributed by atoms with Gasteiger partial charge in [0.05, 0.1) is 0 Å². The van der Waals surface area contributed by atoms with Gasteiger partial charge in [0.1, 0.15) is 5.82 Å². The van der Waals surface area contributed by atoms with Gasteiger partial charge in [-0.1, -0.05) is 12.1 Å². The lowest BCUT2D eigenvalue weighted by atomic mass is 10.2. The Morgan fingerprint density at radius 2 is 1.86 bits per heavy atom. The molecule has 0 aromatic heterocycles. The van der Waals surface area contributed by atoms with Gasteiger partial charge < -0.3 is 15.5 Å². The first kappa shape index (κ1) is 20.2. The largest absolute Gasteiger partial charge is 0.338 e. The summed E-state index contributed by atoms with van der Waals surface area (Å²) in [5, 5.41) is 5.64. The van der Waals surface area contributed by atoms with Crippen molar-refractivity contribution in [2.24, 2.45) is 0 Å². The molecule has 0 radical (unpaired) electrons. The van der Waals surface area contributed by atoms with E-state index in [1.165, 1.54) is 12.1 Å². The lowest BCUT2D eigenvalue weighted by Crippen LogP contribution is -2.29. The Morgan fingerprint density at radius 3 is 2.54 bits per heavy atom. The number of urea groups is 1. The van der Waals surface area contributed by atoms with E-state index >= 15 is 0 Å². The maximum atomic E-state index is 12.8. The van der Waals surface area contributed by atoms with Gasteiger partial charge >= 0.3 is 6.03 Å². The highest BCUT2D eigenvalue weighted by Gasteiger charge is 2.19. The number of benzene rings is 2. The maximum absolute atomic E-state index is 12.8. The number of carbonyl (C=O) groups excluding carboxylic acids is 2. The molecule has 2 aromatic carbocycles. The van der Waals surface area contributed by atoms with Crippen molar-refractivity contribution in [2.75, 3.05) is 24.2 Å². The highest BCUT2D eigenvalue weighted by Crippen LogP contribution is 2.19.